The lowest BCUT2D eigenvalue weighted by Crippen LogP contribution is -2.23. The highest BCUT2D eigenvalue weighted by Gasteiger charge is 2.06. The van der Waals surface area contributed by atoms with E-state index in [-0.39, 0.29) is 6.29 Å². The molecule has 0 aliphatic carbocycles. The van der Waals surface area contributed by atoms with Crippen LogP contribution >= 0.6 is 0 Å². The van der Waals surface area contributed by atoms with Crippen molar-refractivity contribution in [2.24, 2.45) is 0 Å². The maximum absolute atomic E-state index is 9.86. The van der Waals surface area contributed by atoms with E-state index < -0.39 is 0 Å². The van der Waals surface area contributed by atoms with Crippen LogP contribution in [0.5, 0.6) is 0 Å². The summed E-state index contributed by atoms with van der Waals surface area (Å²) >= 11 is 0. The van der Waals surface area contributed by atoms with Crippen LogP contribution in [0.1, 0.15) is 20.3 Å². The lowest BCUT2D eigenvalue weighted by atomic mass is 10.4. The molecule has 4 nitrogen and oxygen atoms in total. The minimum absolute atomic E-state index is 0.306. The van der Waals surface area contributed by atoms with Gasteiger partial charge in [0.15, 0.2) is 12.6 Å². The summed E-state index contributed by atoms with van der Waals surface area (Å²) < 4.78 is 15.8. The van der Waals surface area contributed by atoms with Gasteiger partial charge < -0.3 is 14.2 Å². The molecular formula is C11H18O4. The summed E-state index contributed by atoms with van der Waals surface area (Å²) in [4.78, 5) is 9.86. The van der Waals surface area contributed by atoms with E-state index in [1.165, 1.54) is 0 Å². The van der Waals surface area contributed by atoms with Crippen molar-refractivity contribution in [3.8, 4) is 11.8 Å². The van der Waals surface area contributed by atoms with Crippen LogP contribution in [0.3, 0.4) is 0 Å². The zero-order valence-electron chi connectivity index (χ0n) is 9.32. The van der Waals surface area contributed by atoms with E-state index in [1.54, 1.807) is 0 Å². The summed E-state index contributed by atoms with van der Waals surface area (Å²) in [6, 6.07) is 0. The Balaban J connectivity index is 3.47. The Labute approximate surface area is 90.9 Å². The van der Waals surface area contributed by atoms with Crippen LogP contribution < -0.4 is 0 Å². The van der Waals surface area contributed by atoms with Crippen molar-refractivity contribution >= 4 is 6.29 Å². The van der Waals surface area contributed by atoms with Gasteiger partial charge in [-0.15, -0.1) is 0 Å². The van der Waals surface area contributed by atoms with Crippen molar-refractivity contribution in [3.63, 3.8) is 0 Å². The fraction of sp³-hybridized carbons (Fsp3) is 0.727. The summed E-state index contributed by atoms with van der Waals surface area (Å²) in [5.74, 6) is 4.96. The van der Waals surface area contributed by atoms with E-state index >= 15 is 0 Å². The molecule has 0 heterocycles. The number of ether oxygens (including phenoxy) is 3. The van der Waals surface area contributed by atoms with Gasteiger partial charge >= 0.3 is 0 Å². The number of hydrogen-bond acceptors (Lipinski definition) is 4. The largest absolute Gasteiger partial charge is 0.375 e. The average molecular weight is 214 g/mol. The molecule has 0 N–H and O–H groups in total. The second kappa shape index (κ2) is 11.2. The van der Waals surface area contributed by atoms with Crippen LogP contribution in [-0.2, 0) is 19.0 Å². The molecule has 0 atom stereocenters. The number of aldehydes is 1. The highest BCUT2D eigenvalue weighted by molar-refractivity contribution is 5.72. The van der Waals surface area contributed by atoms with Gasteiger partial charge in [-0.05, 0) is 19.8 Å². The van der Waals surface area contributed by atoms with Gasteiger partial charge in [-0.3, -0.25) is 4.79 Å². The SMILES string of the molecule is CCOC(COCCC#CC=O)OCC. The Bertz CT molecular complexity index is 198. The van der Waals surface area contributed by atoms with Crippen molar-refractivity contribution in [2.45, 2.75) is 26.6 Å². The quantitative estimate of drug-likeness (QED) is 0.262. The molecule has 0 fully saturated rings. The standard InChI is InChI=1S/C11H18O4/c1-3-14-11(15-4-2)10-13-9-7-5-6-8-12/h8,11H,3-4,7,9-10H2,1-2H3. The summed E-state index contributed by atoms with van der Waals surface area (Å²) in [6.45, 7) is 5.88. The number of rotatable bonds is 8. The molecule has 0 unspecified atom stereocenters. The molecule has 0 amide bonds. The molecule has 0 saturated heterocycles. The highest BCUT2D eigenvalue weighted by Crippen LogP contribution is 1.96. The minimum Gasteiger partial charge on any atom is -0.375 e. The van der Waals surface area contributed by atoms with Crippen molar-refractivity contribution in [1.82, 2.24) is 0 Å². The van der Waals surface area contributed by atoms with E-state index in [2.05, 4.69) is 11.8 Å². The van der Waals surface area contributed by atoms with Crippen LogP contribution in [-0.4, -0.2) is 39.0 Å². The monoisotopic (exact) mass is 214 g/mol. The normalized spacial score (nSPS) is 9.80. The lowest BCUT2D eigenvalue weighted by molar-refractivity contribution is -0.166. The van der Waals surface area contributed by atoms with Crippen molar-refractivity contribution < 1.29 is 19.0 Å². The van der Waals surface area contributed by atoms with Gasteiger partial charge in [0, 0.05) is 19.6 Å². The predicted octanol–water partition coefficient (Wildman–Crippen LogP) is 0.994. The van der Waals surface area contributed by atoms with Gasteiger partial charge in [-0.2, -0.15) is 0 Å². The Hall–Kier alpha value is -0.890. The average Bonchev–Trinajstić information content (AvgIpc) is 2.24. The van der Waals surface area contributed by atoms with Gasteiger partial charge in [0.05, 0.1) is 13.2 Å². The Morgan fingerprint density at radius 1 is 1.27 bits per heavy atom. The first kappa shape index (κ1) is 14.1. The zero-order valence-corrected chi connectivity index (χ0v) is 9.32. The van der Waals surface area contributed by atoms with Crippen LogP contribution in [0.4, 0.5) is 0 Å². The fourth-order valence-corrected chi connectivity index (χ4v) is 0.933. The van der Waals surface area contributed by atoms with E-state index in [1.807, 2.05) is 13.8 Å². The Morgan fingerprint density at radius 2 is 1.93 bits per heavy atom. The predicted molar refractivity (Wildman–Crippen MR) is 56.3 cm³/mol. The number of carbonyl (C=O) groups excluding carboxylic acids is 1. The second-order valence-electron chi connectivity index (χ2n) is 2.60. The molecule has 0 bridgehead atoms. The molecular weight excluding hydrogens is 196 g/mol. The fourth-order valence-electron chi connectivity index (χ4n) is 0.933. The van der Waals surface area contributed by atoms with Crippen LogP contribution in [0.2, 0.25) is 0 Å². The van der Waals surface area contributed by atoms with E-state index in [0.29, 0.717) is 39.1 Å². The van der Waals surface area contributed by atoms with Crippen LogP contribution in [0.15, 0.2) is 0 Å². The first-order valence-electron chi connectivity index (χ1n) is 5.08. The lowest BCUT2D eigenvalue weighted by Gasteiger charge is -2.16. The zero-order chi connectivity index (χ0) is 11.4. The van der Waals surface area contributed by atoms with Gasteiger partial charge in [0.25, 0.3) is 0 Å². The van der Waals surface area contributed by atoms with Crippen molar-refractivity contribution in [3.05, 3.63) is 0 Å². The summed E-state index contributed by atoms with van der Waals surface area (Å²) in [5.41, 5.74) is 0. The summed E-state index contributed by atoms with van der Waals surface area (Å²) in [7, 11) is 0. The molecule has 0 saturated carbocycles. The maximum Gasteiger partial charge on any atom is 0.192 e. The van der Waals surface area contributed by atoms with Gasteiger partial charge in [-0.1, -0.05) is 5.92 Å². The van der Waals surface area contributed by atoms with Gasteiger partial charge in [0.2, 0.25) is 0 Å². The topological polar surface area (TPSA) is 44.8 Å². The molecule has 0 aliphatic heterocycles. The first-order valence-corrected chi connectivity index (χ1v) is 5.08. The highest BCUT2D eigenvalue weighted by atomic mass is 16.7. The summed E-state index contributed by atoms with van der Waals surface area (Å²) in [6.07, 6.45) is 0.812. The van der Waals surface area contributed by atoms with Crippen LogP contribution in [0, 0.1) is 11.8 Å². The third kappa shape index (κ3) is 9.42. The smallest absolute Gasteiger partial charge is 0.192 e. The summed E-state index contributed by atoms with van der Waals surface area (Å²) in [5, 5.41) is 0. The molecule has 0 spiro atoms. The van der Waals surface area contributed by atoms with Gasteiger partial charge in [-0.25, -0.2) is 0 Å². The molecule has 0 aromatic heterocycles. The maximum atomic E-state index is 9.86. The van der Waals surface area contributed by atoms with E-state index in [9.17, 15) is 4.79 Å². The van der Waals surface area contributed by atoms with Crippen molar-refractivity contribution in [1.29, 1.82) is 0 Å². The molecule has 86 valence electrons. The van der Waals surface area contributed by atoms with Crippen molar-refractivity contribution in [2.75, 3.05) is 26.4 Å². The molecule has 0 rings (SSSR count). The molecule has 0 aromatic carbocycles. The number of carbonyl (C=O) groups is 1. The number of hydrogen-bond donors (Lipinski definition) is 0. The van der Waals surface area contributed by atoms with Crippen LogP contribution in [0.25, 0.3) is 0 Å². The third-order valence-corrected chi connectivity index (χ3v) is 1.49. The minimum atomic E-state index is -0.306. The Morgan fingerprint density at radius 3 is 2.47 bits per heavy atom. The molecule has 0 aromatic rings. The molecule has 15 heavy (non-hydrogen) atoms. The Kier molecular flexibility index (Phi) is 10.5. The molecule has 0 aliphatic rings. The first-order chi connectivity index (χ1) is 7.35. The van der Waals surface area contributed by atoms with E-state index in [0.717, 1.165) is 0 Å². The van der Waals surface area contributed by atoms with E-state index in [4.69, 9.17) is 14.2 Å². The third-order valence-electron chi connectivity index (χ3n) is 1.49. The molecule has 4 heteroatoms. The van der Waals surface area contributed by atoms with Gasteiger partial charge in [0.1, 0.15) is 0 Å². The molecule has 0 radical (unpaired) electrons. The second-order valence-corrected chi connectivity index (χ2v) is 2.60.